The van der Waals surface area contributed by atoms with Gasteiger partial charge < -0.3 is 19.7 Å². The van der Waals surface area contributed by atoms with Crippen molar-refractivity contribution in [1.29, 1.82) is 0 Å². The number of piperidine rings is 1. The highest BCUT2D eigenvalue weighted by Crippen LogP contribution is 2.30. The number of aromatic nitrogens is 2. The summed E-state index contributed by atoms with van der Waals surface area (Å²) in [5.41, 5.74) is 2.75. The van der Waals surface area contributed by atoms with Crippen LogP contribution in [0.25, 0.3) is 11.3 Å². The Kier molecular flexibility index (Phi) is 6.38. The fourth-order valence-electron chi connectivity index (χ4n) is 3.94. The lowest BCUT2D eigenvalue weighted by Crippen LogP contribution is -2.47. The largest absolute Gasteiger partial charge is 0.493 e. The molecule has 2 aromatic rings. The van der Waals surface area contributed by atoms with Crippen LogP contribution in [0.3, 0.4) is 0 Å². The first-order valence-electron chi connectivity index (χ1n) is 10.8. The first-order valence-corrected chi connectivity index (χ1v) is 10.8. The van der Waals surface area contributed by atoms with E-state index in [2.05, 4.69) is 39.5 Å². The van der Waals surface area contributed by atoms with Gasteiger partial charge in [0.2, 0.25) is 0 Å². The van der Waals surface area contributed by atoms with Crippen LogP contribution in [0.4, 0.5) is 10.6 Å². The Balaban J connectivity index is 1.38. The number of carbonyl (C=O) groups is 1. The molecule has 8 nitrogen and oxygen atoms in total. The highest BCUT2D eigenvalue weighted by atomic mass is 16.5. The number of carbonyl (C=O) groups excluding carboxylic acids is 1. The van der Waals surface area contributed by atoms with E-state index in [1.807, 2.05) is 25.1 Å². The minimum Gasteiger partial charge on any atom is -0.493 e. The maximum absolute atomic E-state index is 12.4. The van der Waals surface area contributed by atoms with E-state index in [0.717, 1.165) is 56.0 Å². The van der Waals surface area contributed by atoms with Gasteiger partial charge >= 0.3 is 6.03 Å². The van der Waals surface area contributed by atoms with Crippen LogP contribution in [0.1, 0.15) is 25.3 Å². The number of hydrogen-bond donors (Lipinski definition) is 2. The van der Waals surface area contributed by atoms with E-state index >= 15 is 0 Å². The molecule has 2 amide bonds. The maximum atomic E-state index is 12.4. The smallest absolute Gasteiger partial charge is 0.320 e. The van der Waals surface area contributed by atoms with Crippen molar-refractivity contribution in [3.8, 4) is 17.0 Å². The third-order valence-corrected chi connectivity index (χ3v) is 5.78. The first kappa shape index (κ1) is 21.5. The van der Waals surface area contributed by atoms with Crippen LogP contribution in [0.15, 0.2) is 30.6 Å². The number of likely N-dealkylation sites (tertiary alicyclic amines) is 1. The van der Waals surface area contributed by atoms with Crippen LogP contribution in [0.5, 0.6) is 5.75 Å². The van der Waals surface area contributed by atoms with Crippen LogP contribution in [-0.2, 0) is 4.74 Å². The van der Waals surface area contributed by atoms with Crippen molar-refractivity contribution >= 4 is 11.8 Å². The van der Waals surface area contributed by atoms with Gasteiger partial charge in [-0.15, -0.1) is 0 Å². The predicted molar refractivity (Wildman–Crippen MR) is 119 cm³/mol. The standard InChI is InChI=1S/C23H31N5O3/c1-16-9-17(6-7-20(16)31-15-23(2)13-30-14-23)19-10-24-11-21(26-19)27-22(29)25-18-5-4-8-28(3)12-18/h6-7,9-11,18H,4-5,8,12-15H2,1-3H3,(H2,25,26,27,29)/t18-/m0/s1. The molecule has 2 fully saturated rings. The molecule has 8 heteroatoms. The van der Waals surface area contributed by atoms with Gasteiger partial charge in [0.25, 0.3) is 0 Å². The van der Waals surface area contributed by atoms with Crippen molar-refractivity contribution in [1.82, 2.24) is 20.2 Å². The molecule has 0 spiro atoms. The quantitative estimate of drug-likeness (QED) is 0.739. The van der Waals surface area contributed by atoms with Crippen LogP contribution < -0.4 is 15.4 Å². The predicted octanol–water partition coefficient (Wildman–Crippen LogP) is 3.08. The van der Waals surface area contributed by atoms with Gasteiger partial charge in [-0.3, -0.25) is 10.3 Å². The number of aryl methyl sites for hydroxylation is 1. The highest BCUT2D eigenvalue weighted by Gasteiger charge is 2.34. The van der Waals surface area contributed by atoms with E-state index in [1.165, 1.54) is 0 Å². The second kappa shape index (κ2) is 9.20. The summed E-state index contributed by atoms with van der Waals surface area (Å²) in [6.07, 6.45) is 5.33. The van der Waals surface area contributed by atoms with E-state index in [4.69, 9.17) is 9.47 Å². The summed E-state index contributed by atoms with van der Waals surface area (Å²) in [6, 6.07) is 5.86. The van der Waals surface area contributed by atoms with Crippen LogP contribution in [0, 0.1) is 12.3 Å². The van der Waals surface area contributed by atoms with E-state index in [-0.39, 0.29) is 17.5 Å². The van der Waals surface area contributed by atoms with Crippen molar-refractivity contribution in [2.45, 2.75) is 32.7 Å². The number of ether oxygens (including phenoxy) is 2. The van der Waals surface area contributed by atoms with Gasteiger partial charge in [-0.2, -0.15) is 0 Å². The van der Waals surface area contributed by atoms with Crippen molar-refractivity contribution in [2.75, 3.05) is 45.3 Å². The lowest BCUT2D eigenvalue weighted by atomic mass is 9.90. The van der Waals surface area contributed by atoms with E-state index < -0.39 is 0 Å². The van der Waals surface area contributed by atoms with Crippen molar-refractivity contribution < 1.29 is 14.3 Å². The Hall–Kier alpha value is -2.71. The summed E-state index contributed by atoms with van der Waals surface area (Å²) < 4.78 is 11.3. The van der Waals surface area contributed by atoms with Gasteiger partial charge in [0.15, 0.2) is 5.82 Å². The van der Waals surface area contributed by atoms with Crippen molar-refractivity contribution in [2.24, 2.45) is 5.41 Å². The number of nitrogens with one attached hydrogen (secondary N) is 2. The molecule has 2 N–H and O–H groups in total. The number of nitrogens with zero attached hydrogens (tertiary/aromatic N) is 3. The van der Waals surface area contributed by atoms with E-state index in [9.17, 15) is 4.79 Å². The topological polar surface area (TPSA) is 88.6 Å². The van der Waals surface area contributed by atoms with Gasteiger partial charge in [0.05, 0.1) is 37.9 Å². The molecular formula is C23H31N5O3. The zero-order valence-corrected chi connectivity index (χ0v) is 18.5. The summed E-state index contributed by atoms with van der Waals surface area (Å²) in [4.78, 5) is 23.4. The second-order valence-corrected chi connectivity index (χ2v) is 9.06. The van der Waals surface area contributed by atoms with Gasteiger partial charge in [0.1, 0.15) is 5.75 Å². The average Bonchev–Trinajstić information content (AvgIpc) is 2.71. The van der Waals surface area contributed by atoms with E-state index in [0.29, 0.717) is 18.1 Å². The fourth-order valence-corrected chi connectivity index (χ4v) is 3.94. The molecule has 0 aliphatic carbocycles. The highest BCUT2D eigenvalue weighted by molar-refractivity contribution is 5.88. The Morgan fingerprint density at radius 1 is 1.35 bits per heavy atom. The summed E-state index contributed by atoms with van der Waals surface area (Å²) in [6.45, 7) is 8.23. The van der Waals surface area contributed by atoms with Crippen LogP contribution >= 0.6 is 0 Å². The number of urea groups is 1. The number of hydrogen-bond acceptors (Lipinski definition) is 6. The number of rotatable bonds is 6. The summed E-state index contributed by atoms with van der Waals surface area (Å²) >= 11 is 0. The normalized spacial score (nSPS) is 20.5. The molecule has 2 saturated heterocycles. The molecular weight excluding hydrogens is 394 g/mol. The van der Waals surface area contributed by atoms with Gasteiger partial charge in [0, 0.05) is 23.6 Å². The Morgan fingerprint density at radius 2 is 2.19 bits per heavy atom. The number of anilines is 1. The van der Waals surface area contributed by atoms with Gasteiger partial charge in [-0.1, -0.05) is 6.92 Å². The molecule has 1 aromatic heterocycles. The minimum atomic E-state index is -0.250. The minimum absolute atomic E-state index is 0.101. The Bertz CT molecular complexity index is 931. The van der Waals surface area contributed by atoms with E-state index in [1.54, 1.807) is 12.4 Å². The summed E-state index contributed by atoms with van der Waals surface area (Å²) in [5.74, 6) is 1.28. The van der Waals surface area contributed by atoms with Crippen LogP contribution in [-0.4, -0.2) is 66.9 Å². The molecule has 31 heavy (non-hydrogen) atoms. The first-order chi connectivity index (χ1) is 14.9. The Labute approximate surface area is 183 Å². The molecule has 1 atom stereocenters. The monoisotopic (exact) mass is 425 g/mol. The fraction of sp³-hybridized carbons (Fsp3) is 0.522. The molecule has 3 heterocycles. The van der Waals surface area contributed by atoms with Crippen molar-refractivity contribution in [3.05, 3.63) is 36.2 Å². The zero-order valence-electron chi connectivity index (χ0n) is 18.5. The van der Waals surface area contributed by atoms with Gasteiger partial charge in [-0.05, 0) is 57.1 Å². The maximum Gasteiger partial charge on any atom is 0.320 e. The lowest BCUT2D eigenvalue weighted by molar-refractivity contribution is -0.120. The summed E-state index contributed by atoms with van der Waals surface area (Å²) in [7, 11) is 2.07. The molecule has 4 rings (SSSR count). The van der Waals surface area contributed by atoms with Crippen LogP contribution in [0.2, 0.25) is 0 Å². The third-order valence-electron chi connectivity index (χ3n) is 5.78. The average molecular weight is 426 g/mol. The second-order valence-electron chi connectivity index (χ2n) is 9.06. The number of amides is 2. The molecule has 0 unspecified atom stereocenters. The number of likely N-dealkylation sites (N-methyl/N-ethyl adjacent to an activating group) is 1. The van der Waals surface area contributed by atoms with Gasteiger partial charge in [-0.25, -0.2) is 9.78 Å². The third kappa shape index (κ3) is 5.51. The Morgan fingerprint density at radius 3 is 2.90 bits per heavy atom. The SMILES string of the molecule is Cc1cc(-c2cncc(NC(=O)N[C@H]3CCCN(C)C3)n2)ccc1OCC1(C)COC1. The molecule has 1 aromatic carbocycles. The molecule has 166 valence electrons. The zero-order chi connectivity index (χ0) is 21.8. The lowest BCUT2D eigenvalue weighted by Gasteiger charge is -2.37. The molecule has 0 radical (unpaired) electrons. The molecule has 0 bridgehead atoms. The molecule has 0 saturated carbocycles. The molecule has 2 aliphatic heterocycles. The number of benzene rings is 1. The summed E-state index contributed by atoms with van der Waals surface area (Å²) in [5, 5.41) is 5.84. The van der Waals surface area contributed by atoms with Crippen molar-refractivity contribution in [3.63, 3.8) is 0 Å². The molecule has 2 aliphatic rings.